The van der Waals surface area contributed by atoms with Gasteiger partial charge in [-0.3, -0.25) is 0 Å². The average molecular weight is 345 g/mol. The maximum Gasteiger partial charge on any atom is 0.422 e. The molecule has 2 amide bonds. The van der Waals surface area contributed by atoms with Crippen LogP contribution in [-0.2, 0) is 0 Å². The fourth-order valence-electron chi connectivity index (χ4n) is 1.55. The monoisotopic (exact) mass is 345 g/mol. The minimum atomic E-state index is -4.51. The van der Waals surface area contributed by atoms with Crippen LogP contribution in [0, 0.1) is 11.3 Å². The zero-order valence-electron chi connectivity index (χ0n) is 13.2. The third kappa shape index (κ3) is 6.75. The molecule has 0 bridgehead atoms. The number of anilines is 1. The molecule has 1 aromatic rings. The van der Waals surface area contributed by atoms with Crippen LogP contribution in [0.15, 0.2) is 18.2 Å². The Hall–Kier alpha value is -2.47. The summed E-state index contributed by atoms with van der Waals surface area (Å²) in [6, 6.07) is 4.77. The van der Waals surface area contributed by atoms with Crippen LogP contribution in [0.3, 0.4) is 0 Å². The van der Waals surface area contributed by atoms with E-state index >= 15 is 0 Å². The molecule has 1 atom stereocenters. The van der Waals surface area contributed by atoms with Crippen molar-refractivity contribution in [1.82, 2.24) is 5.32 Å². The van der Waals surface area contributed by atoms with E-state index in [9.17, 15) is 23.1 Å². The Balaban J connectivity index is 2.71. The van der Waals surface area contributed by atoms with E-state index < -0.39 is 24.4 Å². The molecule has 1 aromatic carbocycles. The molecule has 3 N–H and O–H groups in total. The lowest BCUT2D eigenvalue weighted by Gasteiger charge is -2.21. The summed E-state index contributed by atoms with van der Waals surface area (Å²) in [6.45, 7) is 1.83. The minimum absolute atomic E-state index is 0.0210. The van der Waals surface area contributed by atoms with Crippen molar-refractivity contribution >= 4 is 11.7 Å². The Morgan fingerprint density at radius 3 is 2.62 bits per heavy atom. The van der Waals surface area contributed by atoms with E-state index in [1.807, 2.05) is 0 Å². The molecular formula is C15H18F3N3O3. The van der Waals surface area contributed by atoms with Gasteiger partial charge in [0.25, 0.3) is 0 Å². The lowest BCUT2D eigenvalue weighted by Crippen LogP contribution is -2.41. The second-order valence-electron chi connectivity index (χ2n) is 5.38. The number of hydrogen-bond donors (Lipinski definition) is 3. The van der Waals surface area contributed by atoms with Crippen molar-refractivity contribution in [2.24, 2.45) is 0 Å². The van der Waals surface area contributed by atoms with Crippen LogP contribution in [0.1, 0.15) is 25.8 Å². The van der Waals surface area contributed by atoms with Gasteiger partial charge in [0, 0.05) is 12.2 Å². The molecule has 1 rings (SSSR count). The highest BCUT2D eigenvalue weighted by Gasteiger charge is 2.29. The largest absolute Gasteiger partial charge is 0.483 e. The standard InChI is InChI=1S/C15H18F3N3O3/c1-3-14(2,23)8-20-13(22)21-11-4-5-12(10(6-11)7-19)24-9-15(16,17)18/h4-6,23H,3,8-9H2,1-2H3,(H2,20,21,22)/t14-/m0/s1. The Morgan fingerprint density at radius 1 is 1.42 bits per heavy atom. The van der Waals surface area contributed by atoms with Gasteiger partial charge in [-0.1, -0.05) is 6.92 Å². The van der Waals surface area contributed by atoms with Gasteiger partial charge in [0.15, 0.2) is 6.61 Å². The van der Waals surface area contributed by atoms with Crippen molar-refractivity contribution in [2.45, 2.75) is 32.0 Å². The van der Waals surface area contributed by atoms with Crippen LogP contribution >= 0.6 is 0 Å². The molecule has 24 heavy (non-hydrogen) atoms. The number of hydrogen-bond acceptors (Lipinski definition) is 4. The number of halogens is 3. The molecule has 0 radical (unpaired) electrons. The molecule has 0 spiro atoms. The van der Waals surface area contributed by atoms with Gasteiger partial charge in [-0.05, 0) is 31.5 Å². The zero-order valence-corrected chi connectivity index (χ0v) is 13.2. The summed E-state index contributed by atoms with van der Waals surface area (Å²) in [6.07, 6.45) is -4.07. The van der Waals surface area contributed by atoms with Gasteiger partial charge >= 0.3 is 12.2 Å². The van der Waals surface area contributed by atoms with Crippen molar-refractivity contribution in [1.29, 1.82) is 5.26 Å². The first-order valence-electron chi connectivity index (χ1n) is 7.07. The molecule has 0 aliphatic heterocycles. The molecule has 6 nitrogen and oxygen atoms in total. The van der Waals surface area contributed by atoms with E-state index in [-0.39, 0.29) is 23.5 Å². The maximum absolute atomic E-state index is 12.1. The van der Waals surface area contributed by atoms with Crippen LogP contribution in [0.25, 0.3) is 0 Å². The fourth-order valence-corrected chi connectivity index (χ4v) is 1.55. The molecule has 132 valence electrons. The van der Waals surface area contributed by atoms with E-state index in [2.05, 4.69) is 15.4 Å². The van der Waals surface area contributed by atoms with E-state index in [0.717, 1.165) is 0 Å². The molecule has 9 heteroatoms. The van der Waals surface area contributed by atoms with Gasteiger partial charge in [0.1, 0.15) is 11.8 Å². The Morgan fingerprint density at radius 2 is 2.08 bits per heavy atom. The molecular weight excluding hydrogens is 327 g/mol. The quantitative estimate of drug-likeness (QED) is 0.739. The smallest absolute Gasteiger partial charge is 0.422 e. The summed E-state index contributed by atoms with van der Waals surface area (Å²) >= 11 is 0. The molecule has 0 aromatic heterocycles. The SMILES string of the molecule is CC[C@](C)(O)CNC(=O)Nc1ccc(OCC(F)(F)F)c(C#N)c1. The molecule has 0 unspecified atom stereocenters. The second-order valence-corrected chi connectivity index (χ2v) is 5.38. The highest BCUT2D eigenvalue weighted by atomic mass is 19.4. The molecule has 0 heterocycles. The number of nitriles is 1. The van der Waals surface area contributed by atoms with Gasteiger partial charge < -0.3 is 20.5 Å². The first kappa shape index (κ1) is 19.6. The number of nitrogens with zero attached hydrogens (tertiary/aromatic N) is 1. The van der Waals surface area contributed by atoms with Crippen molar-refractivity contribution in [3.8, 4) is 11.8 Å². The Kier molecular flexibility index (Phi) is 6.42. The first-order chi connectivity index (χ1) is 11.1. The van der Waals surface area contributed by atoms with Crippen molar-refractivity contribution in [2.75, 3.05) is 18.5 Å². The Bertz CT molecular complexity index is 625. The van der Waals surface area contributed by atoms with Crippen LogP contribution in [0.5, 0.6) is 5.75 Å². The fraction of sp³-hybridized carbons (Fsp3) is 0.467. The lowest BCUT2D eigenvalue weighted by atomic mass is 10.0. The van der Waals surface area contributed by atoms with E-state index in [4.69, 9.17) is 5.26 Å². The van der Waals surface area contributed by atoms with Gasteiger partial charge in [-0.2, -0.15) is 18.4 Å². The number of aliphatic hydroxyl groups is 1. The summed E-state index contributed by atoms with van der Waals surface area (Å²) in [7, 11) is 0. The van der Waals surface area contributed by atoms with Gasteiger partial charge in [-0.15, -0.1) is 0 Å². The van der Waals surface area contributed by atoms with Crippen LogP contribution < -0.4 is 15.4 Å². The number of nitrogens with one attached hydrogen (secondary N) is 2. The van der Waals surface area contributed by atoms with Gasteiger partial charge in [0.05, 0.1) is 11.2 Å². The van der Waals surface area contributed by atoms with E-state index in [0.29, 0.717) is 6.42 Å². The van der Waals surface area contributed by atoms with Crippen molar-refractivity contribution in [3.05, 3.63) is 23.8 Å². The number of ether oxygens (including phenoxy) is 1. The number of benzene rings is 1. The van der Waals surface area contributed by atoms with Gasteiger partial charge in [-0.25, -0.2) is 4.79 Å². The topological polar surface area (TPSA) is 94.4 Å². The average Bonchev–Trinajstić information content (AvgIpc) is 2.51. The van der Waals surface area contributed by atoms with Crippen LogP contribution in [0.4, 0.5) is 23.7 Å². The van der Waals surface area contributed by atoms with Crippen molar-refractivity contribution < 1.29 is 27.8 Å². The summed E-state index contributed by atoms with van der Waals surface area (Å²) in [4.78, 5) is 11.7. The molecule has 0 saturated carbocycles. The summed E-state index contributed by atoms with van der Waals surface area (Å²) < 4.78 is 41.0. The first-order valence-corrected chi connectivity index (χ1v) is 7.07. The molecule has 0 fully saturated rings. The number of rotatable bonds is 6. The number of carbonyl (C=O) groups excluding carboxylic acids is 1. The zero-order chi connectivity index (χ0) is 18.4. The molecule has 0 aliphatic carbocycles. The van der Waals surface area contributed by atoms with Crippen LogP contribution in [0.2, 0.25) is 0 Å². The third-order valence-corrected chi connectivity index (χ3v) is 3.14. The van der Waals surface area contributed by atoms with Crippen LogP contribution in [-0.4, -0.2) is 36.1 Å². The normalized spacial score (nSPS) is 13.5. The molecule has 0 aliphatic rings. The minimum Gasteiger partial charge on any atom is -0.483 e. The highest BCUT2D eigenvalue weighted by Crippen LogP contribution is 2.24. The lowest BCUT2D eigenvalue weighted by molar-refractivity contribution is -0.153. The number of amides is 2. The summed E-state index contributed by atoms with van der Waals surface area (Å²) in [5.74, 6) is -0.227. The predicted molar refractivity (Wildman–Crippen MR) is 80.6 cm³/mol. The van der Waals surface area contributed by atoms with E-state index in [1.165, 1.54) is 18.2 Å². The predicted octanol–water partition coefficient (Wildman–Crippen LogP) is 2.78. The summed E-state index contributed by atoms with van der Waals surface area (Å²) in [5.41, 5.74) is -0.984. The second kappa shape index (κ2) is 7.88. The van der Waals surface area contributed by atoms with E-state index in [1.54, 1.807) is 19.9 Å². The van der Waals surface area contributed by atoms with Crippen molar-refractivity contribution in [3.63, 3.8) is 0 Å². The summed E-state index contributed by atoms with van der Waals surface area (Å²) in [5, 5.41) is 23.6. The number of carbonyl (C=O) groups is 1. The molecule has 0 saturated heterocycles. The number of alkyl halides is 3. The maximum atomic E-state index is 12.1. The highest BCUT2D eigenvalue weighted by molar-refractivity contribution is 5.89. The van der Waals surface area contributed by atoms with Gasteiger partial charge in [0.2, 0.25) is 0 Å². The third-order valence-electron chi connectivity index (χ3n) is 3.14. The number of urea groups is 1. The Labute approximate surface area is 137 Å².